The number of Topliss-reactive ketones (excluding diaryl/α,β-unsaturated/α-hetero) is 1. The second-order valence-corrected chi connectivity index (χ2v) is 9.82. The molecular formula is C29H27FN2O6S. The van der Waals surface area contributed by atoms with Crippen LogP contribution in [0.15, 0.2) is 60.7 Å². The van der Waals surface area contributed by atoms with Crippen molar-refractivity contribution in [2.24, 2.45) is 0 Å². The third-order valence-corrected chi connectivity index (χ3v) is 7.20. The number of benzene rings is 2. The summed E-state index contributed by atoms with van der Waals surface area (Å²) < 4.78 is 24.6. The average Bonchev–Trinajstić information content (AvgIpc) is 3.42. The first-order valence-electron chi connectivity index (χ1n) is 12.2. The number of carbonyl (C=O) groups excluding carboxylic acids is 3. The van der Waals surface area contributed by atoms with Crippen molar-refractivity contribution in [1.29, 1.82) is 0 Å². The molecule has 0 spiro atoms. The van der Waals surface area contributed by atoms with Gasteiger partial charge < -0.3 is 14.6 Å². The Hall–Kier alpha value is -4.31. The number of aliphatic hydroxyl groups is 1. The summed E-state index contributed by atoms with van der Waals surface area (Å²) in [7, 11) is 0. The molecular weight excluding hydrogens is 523 g/mol. The van der Waals surface area contributed by atoms with Crippen LogP contribution in [0.25, 0.3) is 5.76 Å². The number of aryl methyl sites for hydroxylation is 2. The zero-order valence-corrected chi connectivity index (χ0v) is 22.5. The summed E-state index contributed by atoms with van der Waals surface area (Å²) in [4.78, 5) is 45.0. The maximum absolute atomic E-state index is 13.8. The Bertz CT molecular complexity index is 1480. The van der Waals surface area contributed by atoms with Gasteiger partial charge in [-0.25, -0.2) is 14.2 Å². The monoisotopic (exact) mass is 550 g/mol. The number of ether oxygens (including phenoxy) is 2. The largest absolute Gasteiger partial charge is 0.507 e. The Labute approximate surface area is 229 Å². The Kier molecular flexibility index (Phi) is 8.25. The first-order chi connectivity index (χ1) is 18.7. The molecule has 0 saturated carbocycles. The summed E-state index contributed by atoms with van der Waals surface area (Å²) in [5, 5.41) is 11.5. The molecule has 1 aliphatic rings. The van der Waals surface area contributed by atoms with E-state index in [0.717, 1.165) is 22.7 Å². The van der Waals surface area contributed by atoms with Crippen LogP contribution < -0.4 is 9.64 Å². The summed E-state index contributed by atoms with van der Waals surface area (Å²) in [6.07, 6.45) is 2.25. The Balaban J connectivity index is 1.85. The predicted octanol–water partition coefficient (Wildman–Crippen LogP) is 5.66. The predicted molar refractivity (Wildman–Crippen MR) is 145 cm³/mol. The number of ketones is 1. The van der Waals surface area contributed by atoms with Gasteiger partial charge in [0.25, 0.3) is 5.78 Å². The van der Waals surface area contributed by atoms with Gasteiger partial charge in [0.05, 0.1) is 23.9 Å². The Morgan fingerprint density at radius 3 is 2.56 bits per heavy atom. The minimum atomic E-state index is -1.12. The fraction of sp³-hybridized carbons (Fsp3) is 0.241. The van der Waals surface area contributed by atoms with Crippen molar-refractivity contribution in [2.75, 3.05) is 18.1 Å². The van der Waals surface area contributed by atoms with Crippen molar-refractivity contribution in [3.63, 3.8) is 0 Å². The normalized spacial score (nSPS) is 16.4. The van der Waals surface area contributed by atoms with Gasteiger partial charge in [-0.3, -0.25) is 14.5 Å². The van der Waals surface area contributed by atoms with Gasteiger partial charge >= 0.3 is 11.9 Å². The van der Waals surface area contributed by atoms with Gasteiger partial charge in [-0.15, -0.1) is 0 Å². The zero-order chi connectivity index (χ0) is 28.3. The molecule has 10 heteroatoms. The van der Waals surface area contributed by atoms with Crippen molar-refractivity contribution >= 4 is 39.9 Å². The van der Waals surface area contributed by atoms with Gasteiger partial charge in [-0.05, 0) is 61.7 Å². The number of hydrogen-bond donors (Lipinski definition) is 1. The molecule has 1 aliphatic heterocycles. The maximum Gasteiger partial charge on any atom is 0.350 e. The van der Waals surface area contributed by atoms with Gasteiger partial charge in [0.1, 0.15) is 28.8 Å². The van der Waals surface area contributed by atoms with Gasteiger partial charge in [-0.1, -0.05) is 43.0 Å². The first kappa shape index (κ1) is 27.7. The molecule has 0 unspecified atom stereocenters. The zero-order valence-electron chi connectivity index (χ0n) is 21.7. The van der Waals surface area contributed by atoms with Crippen molar-refractivity contribution < 1.29 is 33.4 Å². The summed E-state index contributed by atoms with van der Waals surface area (Å²) in [5.41, 5.74) is 1.47. The van der Waals surface area contributed by atoms with E-state index in [9.17, 15) is 23.9 Å². The number of thiazole rings is 1. The third kappa shape index (κ3) is 5.46. The van der Waals surface area contributed by atoms with Crippen LogP contribution in [0.2, 0.25) is 0 Å². The van der Waals surface area contributed by atoms with Crippen LogP contribution in [0.3, 0.4) is 0 Å². The molecule has 3 aromatic rings. The van der Waals surface area contributed by atoms with Crippen LogP contribution >= 0.6 is 11.3 Å². The molecule has 0 aliphatic carbocycles. The number of aliphatic hydroxyl groups excluding tert-OH is 1. The van der Waals surface area contributed by atoms with Crippen molar-refractivity contribution in [2.45, 2.75) is 33.2 Å². The molecule has 2 heterocycles. The van der Waals surface area contributed by atoms with Gasteiger partial charge in [0.2, 0.25) is 0 Å². The summed E-state index contributed by atoms with van der Waals surface area (Å²) in [6.45, 7) is 9.35. The van der Waals surface area contributed by atoms with E-state index in [1.807, 2.05) is 6.92 Å². The maximum atomic E-state index is 13.8. The number of halogens is 1. The molecule has 1 fully saturated rings. The second-order valence-electron chi connectivity index (χ2n) is 8.84. The van der Waals surface area contributed by atoms with E-state index in [4.69, 9.17) is 9.47 Å². The van der Waals surface area contributed by atoms with E-state index in [1.54, 1.807) is 32.0 Å². The molecule has 1 aromatic heterocycles. The van der Waals surface area contributed by atoms with Crippen LogP contribution in [-0.2, 0) is 14.3 Å². The van der Waals surface area contributed by atoms with Gasteiger partial charge in [0.15, 0.2) is 5.13 Å². The average molecular weight is 551 g/mol. The highest BCUT2D eigenvalue weighted by Crippen LogP contribution is 2.44. The molecule has 2 aromatic carbocycles. The number of hydrogen-bond acceptors (Lipinski definition) is 8. The van der Waals surface area contributed by atoms with E-state index in [2.05, 4.69) is 11.6 Å². The summed E-state index contributed by atoms with van der Waals surface area (Å²) in [5.74, 6) is -2.81. The van der Waals surface area contributed by atoms with E-state index in [0.29, 0.717) is 34.7 Å². The first-order valence-corrected chi connectivity index (χ1v) is 13.0. The number of aromatic nitrogens is 1. The molecule has 202 valence electrons. The van der Waals surface area contributed by atoms with Crippen molar-refractivity contribution in [3.05, 3.63) is 93.8 Å². The van der Waals surface area contributed by atoms with Crippen LogP contribution in [0, 0.1) is 19.7 Å². The smallest absolute Gasteiger partial charge is 0.350 e. The minimum absolute atomic E-state index is 0.00672. The highest BCUT2D eigenvalue weighted by Gasteiger charge is 2.48. The third-order valence-electron chi connectivity index (χ3n) is 6.07. The number of anilines is 1. The van der Waals surface area contributed by atoms with Crippen LogP contribution in [-0.4, -0.2) is 41.0 Å². The van der Waals surface area contributed by atoms with Crippen LogP contribution in [0.4, 0.5) is 9.52 Å². The molecule has 1 atom stereocenters. The van der Waals surface area contributed by atoms with E-state index in [1.165, 1.54) is 30.3 Å². The molecule has 8 nitrogen and oxygen atoms in total. The van der Waals surface area contributed by atoms with Gasteiger partial charge in [-0.2, -0.15) is 0 Å². The Morgan fingerprint density at radius 1 is 1.21 bits per heavy atom. The SMILES string of the molecule is C=CCOC(=O)c1sc(N2C(=O)C(=O)C(=C(O)c3ccc(OCCC)cc3C)[C@H]2c2ccc(F)cc2)nc1C. The Morgan fingerprint density at radius 2 is 1.92 bits per heavy atom. The molecule has 4 rings (SSSR count). The fourth-order valence-corrected chi connectivity index (χ4v) is 5.21. The minimum Gasteiger partial charge on any atom is -0.507 e. The van der Waals surface area contributed by atoms with E-state index in [-0.39, 0.29) is 27.9 Å². The van der Waals surface area contributed by atoms with Crippen LogP contribution in [0.1, 0.15) is 51.4 Å². The van der Waals surface area contributed by atoms with Crippen molar-refractivity contribution in [3.8, 4) is 5.75 Å². The molecule has 0 radical (unpaired) electrons. The number of nitrogens with zero attached hydrogens (tertiary/aromatic N) is 2. The highest BCUT2D eigenvalue weighted by molar-refractivity contribution is 7.17. The molecule has 0 bridgehead atoms. The molecule has 39 heavy (non-hydrogen) atoms. The fourth-order valence-electron chi connectivity index (χ4n) is 4.22. The standard InChI is InChI=1S/C29H27FN2O6S/c1-5-13-37-20-11-12-21(16(3)15-20)24(33)22-23(18-7-9-19(30)10-8-18)32(27(35)25(22)34)29-31-17(4)26(39-29)28(36)38-14-6-2/h6-12,15,23,33H,2,5,13-14H2,1,3-4H3/t23-/m1/s1. The number of rotatable bonds is 9. The topological polar surface area (TPSA) is 106 Å². The van der Waals surface area contributed by atoms with E-state index >= 15 is 0 Å². The molecule has 1 saturated heterocycles. The second kappa shape index (κ2) is 11.6. The highest BCUT2D eigenvalue weighted by atomic mass is 32.1. The van der Waals surface area contributed by atoms with Crippen LogP contribution in [0.5, 0.6) is 5.75 Å². The molecule has 1 amide bonds. The molecule has 1 N–H and O–H groups in total. The lowest BCUT2D eigenvalue weighted by Gasteiger charge is -2.23. The van der Waals surface area contributed by atoms with E-state index < -0.39 is 29.5 Å². The lowest BCUT2D eigenvalue weighted by molar-refractivity contribution is -0.132. The summed E-state index contributed by atoms with van der Waals surface area (Å²) in [6, 6.07) is 9.17. The lowest BCUT2D eigenvalue weighted by atomic mass is 9.94. The lowest BCUT2D eigenvalue weighted by Crippen LogP contribution is -2.29. The number of esters is 1. The van der Waals surface area contributed by atoms with Gasteiger partial charge in [0, 0.05) is 5.56 Å². The van der Waals surface area contributed by atoms with Crippen molar-refractivity contribution in [1.82, 2.24) is 4.98 Å². The summed E-state index contributed by atoms with van der Waals surface area (Å²) >= 11 is 0.883. The quantitative estimate of drug-likeness (QED) is 0.121. The number of carbonyl (C=O) groups is 3. The number of amides is 1.